The predicted molar refractivity (Wildman–Crippen MR) is 70.4 cm³/mol. The fourth-order valence-corrected chi connectivity index (χ4v) is 2.62. The maximum Gasteiger partial charge on any atom is 0.289 e. The van der Waals surface area contributed by atoms with Crippen LogP contribution in [0.3, 0.4) is 0 Å². The van der Waals surface area contributed by atoms with Crippen molar-refractivity contribution in [2.24, 2.45) is 0 Å². The number of halogens is 3. The Morgan fingerprint density at radius 2 is 2.00 bits per heavy atom. The SMILES string of the molecule is Cc1ccc(F)cc1[C@@H](N1CCNCC1)C(F)(F)CO. The Labute approximate surface area is 116 Å². The summed E-state index contributed by atoms with van der Waals surface area (Å²) in [5, 5.41) is 12.1. The normalized spacial score (nSPS) is 19.1. The molecule has 0 saturated carbocycles. The molecule has 3 nitrogen and oxygen atoms in total. The Morgan fingerprint density at radius 1 is 1.35 bits per heavy atom. The lowest BCUT2D eigenvalue weighted by atomic mass is 9.94. The molecule has 0 aliphatic carbocycles. The first kappa shape index (κ1) is 15.3. The molecule has 20 heavy (non-hydrogen) atoms. The van der Waals surface area contributed by atoms with Crippen LogP contribution < -0.4 is 5.32 Å². The molecule has 0 bridgehead atoms. The van der Waals surface area contributed by atoms with Gasteiger partial charge in [-0.3, -0.25) is 4.90 Å². The van der Waals surface area contributed by atoms with Gasteiger partial charge in [-0.25, -0.2) is 13.2 Å². The summed E-state index contributed by atoms with van der Waals surface area (Å²) in [5.74, 6) is -3.85. The summed E-state index contributed by atoms with van der Waals surface area (Å²) in [6, 6.07) is 2.59. The van der Waals surface area contributed by atoms with Gasteiger partial charge in [-0.15, -0.1) is 0 Å². The highest BCUT2D eigenvalue weighted by molar-refractivity contribution is 5.31. The minimum Gasteiger partial charge on any atom is -0.390 e. The van der Waals surface area contributed by atoms with Crippen molar-refractivity contribution in [3.63, 3.8) is 0 Å². The molecule has 2 rings (SSSR count). The Hall–Kier alpha value is -1.11. The van der Waals surface area contributed by atoms with Gasteiger partial charge in [0, 0.05) is 26.2 Å². The molecule has 112 valence electrons. The standard InChI is InChI=1S/C14H19F3N2O/c1-10-2-3-11(15)8-12(10)13(14(16,17)9-20)19-6-4-18-5-7-19/h2-3,8,13,18,20H,4-7,9H2,1H3/t13-/m1/s1. The van der Waals surface area contributed by atoms with Crippen LogP contribution in [0.2, 0.25) is 0 Å². The largest absolute Gasteiger partial charge is 0.390 e. The van der Waals surface area contributed by atoms with E-state index in [1.54, 1.807) is 11.8 Å². The molecule has 2 N–H and O–H groups in total. The van der Waals surface area contributed by atoms with E-state index < -0.39 is 24.4 Å². The van der Waals surface area contributed by atoms with E-state index >= 15 is 0 Å². The first-order chi connectivity index (χ1) is 9.45. The number of nitrogens with zero attached hydrogens (tertiary/aromatic N) is 1. The smallest absolute Gasteiger partial charge is 0.289 e. The van der Waals surface area contributed by atoms with E-state index in [4.69, 9.17) is 5.11 Å². The quantitative estimate of drug-likeness (QED) is 0.885. The van der Waals surface area contributed by atoms with E-state index in [0.717, 1.165) is 6.07 Å². The summed E-state index contributed by atoms with van der Waals surface area (Å²) in [5.41, 5.74) is 0.842. The second-order valence-corrected chi connectivity index (χ2v) is 5.11. The van der Waals surface area contributed by atoms with Crippen LogP contribution in [0.5, 0.6) is 0 Å². The monoisotopic (exact) mass is 288 g/mol. The van der Waals surface area contributed by atoms with Gasteiger partial charge in [0.05, 0.1) is 0 Å². The molecule has 1 aromatic rings. The van der Waals surface area contributed by atoms with Crippen molar-refractivity contribution in [3.05, 3.63) is 35.1 Å². The van der Waals surface area contributed by atoms with Crippen LogP contribution in [0.4, 0.5) is 13.2 Å². The molecule has 6 heteroatoms. The Balaban J connectivity index is 2.42. The topological polar surface area (TPSA) is 35.5 Å². The van der Waals surface area contributed by atoms with Gasteiger partial charge >= 0.3 is 0 Å². The summed E-state index contributed by atoms with van der Waals surface area (Å²) >= 11 is 0. The molecule has 1 fully saturated rings. The zero-order valence-electron chi connectivity index (χ0n) is 11.4. The predicted octanol–water partition coefficient (Wildman–Crippen LogP) is 1.71. The van der Waals surface area contributed by atoms with E-state index in [-0.39, 0.29) is 5.56 Å². The van der Waals surface area contributed by atoms with E-state index in [2.05, 4.69) is 5.32 Å². The molecule has 0 amide bonds. The summed E-state index contributed by atoms with van der Waals surface area (Å²) < 4.78 is 41.8. The maximum atomic E-state index is 14.2. The molecule has 1 heterocycles. The number of aliphatic hydroxyl groups excluding tert-OH is 1. The lowest BCUT2D eigenvalue weighted by Crippen LogP contribution is -2.51. The number of aryl methyl sites for hydroxylation is 1. The van der Waals surface area contributed by atoms with Gasteiger partial charge in [-0.2, -0.15) is 0 Å². The van der Waals surface area contributed by atoms with Crippen LogP contribution in [-0.4, -0.2) is 48.7 Å². The first-order valence-electron chi connectivity index (χ1n) is 6.65. The highest BCUT2D eigenvalue weighted by atomic mass is 19.3. The second kappa shape index (κ2) is 6.11. The number of hydrogen-bond acceptors (Lipinski definition) is 3. The molecule has 0 aromatic heterocycles. The number of benzene rings is 1. The first-order valence-corrected chi connectivity index (χ1v) is 6.65. The maximum absolute atomic E-state index is 14.2. The highest BCUT2D eigenvalue weighted by Crippen LogP contribution is 2.38. The van der Waals surface area contributed by atoms with Gasteiger partial charge in [0.2, 0.25) is 0 Å². The molecular formula is C14H19F3N2O. The molecular weight excluding hydrogens is 269 g/mol. The molecule has 1 aromatic carbocycles. The molecule has 0 radical (unpaired) electrons. The molecule has 1 saturated heterocycles. The lowest BCUT2D eigenvalue weighted by molar-refractivity contribution is -0.118. The van der Waals surface area contributed by atoms with Gasteiger partial charge in [0.25, 0.3) is 5.92 Å². The summed E-state index contributed by atoms with van der Waals surface area (Å²) in [6.07, 6.45) is 0. The number of piperazine rings is 1. The fraction of sp³-hybridized carbons (Fsp3) is 0.571. The summed E-state index contributed by atoms with van der Waals surface area (Å²) in [6.45, 7) is 2.51. The van der Waals surface area contributed by atoms with Gasteiger partial charge in [-0.1, -0.05) is 6.07 Å². The van der Waals surface area contributed by atoms with E-state index in [1.165, 1.54) is 12.1 Å². The van der Waals surface area contributed by atoms with Crippen LogP contribution in [0.1, 0.15) is 17.2 Å². The van der Waals surface area contributed by atoms with Crippen LogP contribution >= 0.6 is 0 Å². The lowest BCUT2D eigenvalue weighted by Gasteiger charge is -2.39. The highest BCUT2D eigenvalue weighted by Gasteiger charge is 2.44. The molecule has 0 unspecified atom stereocenters. The minimum atomic E-state index is -3.31. The van der Waals surface area contributed by atoms with Gasteiger partial charge < -0.3 is 10.4 Å². The zero-order chi connectivity index (χ0) is 14.8. The average molecular weight is 288 g/mol. The Morgan fingerprint density at radius 3 is 2.60 bits per heavy atom. The zero-order valence-corrected chi connectivity index (χ0v) is 11.4. The third-order valence-corrected chi connectivity index (χ3v) is 3.66. The number of nitrogens with one attached hydrogen (secondary N) is 1. The van der Waals surface area contributed by atoms with Crippen LogP contribution in [0.25, 0.3) is 0 Å². The Kier molecular flexibility index (Phi) is 4.67. The van der Waals surface area contributed by atoms with Crippen LogP contribution in [0, 0.1) is 12.7 Å². The molecule has 0 spiro atoms. The van der Waals surface area contributed by atoms with Crippen molar-refractivity contribution >= 4 is 0 Å². The third kappa shape index (κ3) is 3.13. The van der Waals surface area contributed by atoms with Gasteiger partial charge in [-0.05, 0) is 30.2 Å². The Bertz CT molecular complexity index is 462. The van der Waals surface area contributed by atoms with E-state index in [0.29, 0.717) is 31.7 Å². The molecule has 1 aliphatic heterocycles. The minimum absolute atomic E-state index is 0.242. The van der Waals surface area contributed by atoms with Crippen molar-refractivity contribution in [1.82, 2.24) is 10.2 Å². The number of rotatable bonds is 4. The van der Waals surface area contributed by atoms with Crippen molar-refractivity contribution < 1.29 is 18.3 Å². The third-order valence-electron chi connectivity index (χ3n) is 3.66. The van der Waals surface area contributed by atoms with E-state index in [1.807, 2.05) is 0 Å². The fourth-order valence-electron chi connectivity index (χ4n) is 2.62. The van der Waals surface area contributed by atoms with Crippen molar-refractivity contribution in [1.29, 1.82) is 0 Å². The number of aliphatic hydroxyl groups is 1. The van der Waals surface area contributed by atoms with Crippen molar-refractivity contribution in [2.75, 3.05) is 32.8 Å². The molecule has 1 aliphatic rings. The van der Waals surface area contributed by atoms with Crippen LogP contribution in [0.15, 0.2) is 18.2 Å². The van der Waals surface area contributed by atoms with Gasteiger partial charge in [0.15, 0.2) is 0 Å². The average Bonchev–Trinajstić information content (AvgIpc) is 2.44. The second-order valence-electron chi connectivity index (χ2n) is 5.11. The summed E-state index contributed by atoms with van der Waals surface area (Å²) in [4.78, 5) is 1.61. The van der Waals surface area contributed by atoms with Crippen molar-refractivity contribution in [2.45, 2.75) is 18.9 Å². The molecule has 1 atom stereocenters. The van der Waals surface area contributed by atoms with Crippen LogP contribution in [-0.2, 0) is 0 Å². The van der Waals surface area contributed by atoms with Gasteiger partial charge in [0.1, 0.15) is 18.5 Å². The van der Waals surface area contributed by atoms with E-state index in [9.17, 15) is 13.2 Å². The summed E-state index contributed by atoms with van der Waals surface area (Å²) in [7, 11) is 0. The van der Waals surface area contributed by atoms with Crippen molar-refractivity contribution in [3.8, 4) is 0 Å². The number of hydrogen-bond donors (Lipinski definition) is 2. The number of alkyl halides is 2.